The van der Waals surface area contributed by atoms with Crippen molar-refractivity contribution in [1.82, 2.24) is 4.98 Å². The van der Waals surface area contributed by atoms with Crippen LogP contribution < -0.4 is 5.32 Å². The molecule has 1 aromatic heterocycles. The Bertz CT molecular complexity index is 225. The minimum Gasteiger partial charge on any atom is -0.384 e. The molecule has 12 heavy (non-hydrogen) atoms. The van der Waals surface area contributed by atoms with Gasteiger partial charge in [-0.3, -0.25) is 0 Å². The van der Waals surface area contributed by atoms with Crippen LogP contribution in [0.15, 0.2) is 18.3 Å². The van der Waals surface area contributed by atoms with E-state index in [1.807, 2.05) is 6.07 Å². The maximum absolute atomic E-state index is 5.63. The molecule has 4 heteroatoms. The van der Waals surface area contributed by atoms with Gasteiger partial charge in [-0.2, -0.15) is 0 Å². The first-order valence-electron chi connectivity index (χ1n) is 3.74. The summed E-state index contributed by atoms with van der Waals surface area (Å²) in [6, 6.07) is 3.70. The van der Waals surface area contributed by atoms with Crippen molar-refractivity contribution in [3.8, 4) is 0 Å². The molecule has 0 amide bonds. The van der Waals surface area contributed by atoms with Gasteiger partial charge in [0.2, 0.25) is 0 Å². The highest BCUT2D eigenvalue weighted by atomic mass is 79.9. The molecule has 0 radical (unpaired) electrons. The second kappa shape index (κ2) is 5.38. The Labute approximate surface area is 85.5 Å². The van der Waals surface area contributed by atoms with Gasteiger partial charge in [-0.15, -0.1) is 0 Å². The molecule has 0 aliphatic carbocycles. The molecule has 0 atom stereocenters. The maximum atomic E-state index is 5.63. The fraction of sp³-hybridized carbons (Fsp3) is 0.375. The van der Waals surface area contributed by atoms with Crippen LogP contribution in [0, 0.1) is 0 Å². The molecule has 0 aliphatic rings. The molecule has 0 saturated heterocycles. The molecule has 1 heterocycles. The van der Waals surface area contributed by atoms with Crippen LogP contribution >= 0.6 is 27.5 Å². The van der Waals surface area contributed by atoms with Gasteiger partial charge in [0.25, 0.3) is 0 Å². The molecule has 2 nitrogen and oxygen atoms in total. The highest BCUT2D eigenvalue weighted by Crippen LogP contribution is 2.09. The Hall–Kier alpha value is -0.280. The summed E-state index contributed by atoms with van der Waals surface area (Å²) >= 11 is 8.98. The summed E-state index contributed by atoms with van der Waals surface area (Å²) in [6.07, 6.45) is 2.83. The number of nitrogens with zero attached hydrogens (tertiary/aromatic N) is 1. The summed E-state index contributed by atoms with van der Waals surface area (Å²) in [6.45, 7) is 0.953. The van der Waals surface area contributed by atoms with E-state index in [4.69, 9.17) is 11.6 Å². The van der Waals surface area contributed by atoms with Crippen LogP contribution in [0.3, 0.4) is 0 Å². The number of halogens is 2. The third-order valence-corrected chi connectivity index (χ3v) is 2.15. The second-order valence-electron chi connectivity index (χ2n) is 2.34. The van der Waals surface area contributed by atoms with E-state index >= 15 is 0 Å². The molecule has 0 fully saturated rings. The Balaban J connectivity index is 2.37. The van der Waals surface area contributed by atoms with Crippen molar-refractivity contribution >= 4 is 33.2 Å². The Morgan fingerprint density at radius 3 is 2.92 bits per heavy atom. The van der Waals surface area contributed by atoms with Crippen LogP contribution in [-0.2, 0) is 0 Å². The highest BCUT2D eigenvalue weighted by Gasteiger charge is 1.91. The fourth-order valence-corrected chi connectivity index (χ4v) is 1.17. The van der Waals surface area contributed by atoms with E-state index < -0.39 is 0 Å². The highest BCUT2D eigenvalue weighted by molar-refractivity contribution is 9.09. The molecule has 1 N–H and O–H groups in total. The Morgan fingerprint density at radius 2 is 2.33 bits per heavy atom. The van der Waals surface area contributed by atoms with E-state index in [9.17, 15) is 0 Å². The molecular weight excluding hydrogens is 239 g/mol. The number of alkyl halides is 1. The third kappa shape index (κ3) is 3.41. The van der Waals surface area contributed by atoms with Crippen molar-refractivity contribution in [2.75, 3.05) is 17.2 Å². The number of hydrogen-bond donors (Lipinski definition) is 1. The molecule has 0 aliphatic heterocycles. The van der Waals surface area contributed by atoms with Gasteiger partial charge in [0.1, 0.15) is 5.15 Å². The lowest BCUT2D eigenvalue weighted by Gasteiger charge is -2.03. The average Bonchev–Trinajstić information content (AvgIpc) is 2.09. The number of rotatable bonds is 4. The number of hydrogen-bond acceptors (Lipinski definition) is 2. The maximum Gasteiger partial charge on any atom is 0.129 e. The van der Waals surface area contributed by atoms with Crippen molar-refractivity contribution in [3.63, 3.8) is 0 Å². The average molecular weight is 250 g/mol. The lowest BCUT2D eigenvalue weighted by Crippen LogP contribution is -2.01. The van der Waals surface area contributed by atoms with E-state index in [-0.39, 0.29) is 0 Å². The summed E-state index contributed by atoms with van der Waals surface area (Å²) < 4.78 is 0. The van der Waals surface area contributed by atoms with Crippen LogP contribution in [0.4, 0.5) is 5.69 Å². The fourth-order valence-electron chi connectivity index (χ4n) is 0.780. The summed E-state index contributed by atoms with van der Waals surface area (Å²) in [5.74, 6) is 0. The molecule has 66 valence electrons. The predicted octanol–water partition coefficient (Wildman–Crippen LogP) is 2.93. The first-order chi connectivity index (χ1) is 5.83. The van der Waals surface area contributed by atoms with Crippen molar-refractivity contribution in [3.05, 3.63) is 23.5 Å². The number of pyridine rings is 1. The minimum atomic E-state index is 0.529. The third-order valence-electron chi connectivity index (χ3n) is 1.37. The number of anilines is 1. The quantitative estimate of drug-likeness (QED) is 0.504. The van der Waals surface area contributed by atoms with E-state index in [1.54, 1.807) is 12.3 Å². The predicted molar refractivity (Wildman–Crippen MR) is 56.1 cm³/mol. The lowest BCUT2D eigenvalue weighted by atomic mass is 10.4. The lowest BCUT2D eigenvalue weighted by molar-refractivity contribution is 0.997. The van der Waals surface area contributed by atoms with Gasteiger partial charge >= 0.3 is 0 Å². The largest absolute Gasteiger partial charge is 0.384 e. The minimum absolute atomic E-state index is 0.529. The van der Waals surface area contributed by atoms with Crippen molar-refractivity contribution < 1.29 is 0 Å². The Kier molecular flexibility index (Phi) is 4.40. The molecule has 0 spiro atoms. The van der Waals surface area contributed by atoms with Gasteiger partial charge in [0, 0.05) is 11.9 Å². The van der Waals surface area contributed by atoms with E-state index in [0.717, 1.165) is 24.0 Å². The number of aromatic nitrogens is 1. The molecule has 1 rings (SSSR count). The molecule has 0 bridgehead atoms. The Morgan fingerprint density at radius 1 is 1.50 bits per heavy atom. The molecule has 0 aromatic carbocycles. The first-order valence-corrected chi connectivity index (χ1v) is 5.24. The first kappa shape index (κ1) is 9.81. The van der Waals surface area contributed by atoms with Gasteiger partial charge in [-0.25, -0.2) is 4.98 Å². The number of nitrogens with one attached hydrogen (secondary N) is 1. The van der Waals surface area contributed by atoms with Gasteiger partial charge < -0.3 is 5.32 Å². The molecule has 0 saturated carbocycles. The monoisotopic (exact) mass is 248 g/mol. The molecule has 1 aromatic rings. The van der Waals surface area contributed by atoms with Gasteiger partial charge in [-0.05, 0) is 18.6 Å². The van der Waals surface area contributed by atoms with Crippen LogP contribution in [-0.4, -0.2) is 16.9 Å². The summed E-state index contributed by atoms with van der Waals surface area (Å²) in [5.41, 5.74) is 1.01. The van der Waals surface area contributed by atoms with Gasteiger partial charge in [0.05, 0.1) is 11.9 Å². The van der Waals surface area contributed by atoms with Crippen LogP contribution in [0.2, 0.25) is 5.15 Å². The van der Waals surface area contributed by atoms with E-state index in [0.29, 0.717) is 5.15 Å². The molecule has 0 unspecified atom stereocenters. The van der Waals surface area contributed by atoms with E-state index in [1.165, 1.54) is 0 Å². The van der Waals surface area contributed by atoms with Crippen LogP contribution in [0.5, 0.6) is 0 Å². The van der Waals surface area contributed by atoms with Gasteiger partial charge in [0.15, 0.2) is 0 Å². The zero-order valence-electron chi connectivity index (χ0n) is 6.56. The van der Waals surface area contributed by atoms with E-state index in [2.05, 4.69) is 26.2 Å². The zero-order chi connectivity index (χ0) is 8.81. The van der Waals surface area contributed by atoms with Crippen molar-refractivity contribution in [2.24, 2.45) is 0 Å². The topological polar surface area (TPSA) is 24.9 Å². The van der Waals surface area contributed by atoms with Crippen molar-refractivity contribution in [1.29, 1.82) is 0 Å². The summed E-state index contributed by atoms with van der Waals surface area (Å²) in [4.78, 5) is 3.95. The zero-order valence-corrected chi connectivity index (χ0v) is 8.90. The smallest absolute Gasteiger partial charge is 0.129 e. The van der Waals surface area contributed by atoms with Gasteiger partial charge in [-0.1, -0.05) is 27.5 Å². The SMILES string of the molecule is Clc1ccc(NCCCBr)cn1. The summed E-state index contributed by atoms with van der Waals surface area (Å²) in [7, 11) is 0. The van der Waals surface area contributed by atoms with Crippen LogP contribution in [0.1, 0.15) is 6.42 Å². The normalized spacial score (nSPS) is 9.83. The van der Waals surface area contributed by atoms with Crippen molar-refractivity contribution in [2.45, 2.75) is 6.42 Å². The molecular formula is C8H10BrClN2. The van der Waals surface area contributed by atoms with Crippen LogP contribution in [0.25, 0.3) is 0 Å². The second-order valence-corrected chi connectivity index (χ2v) is 3.52. The standard InChI is InChI=1S/C8H10BrClN2/c9-4-1-5-11-7-2-3-8(10)12-6-7/h2-3,6,11H,1,4-5H2. The summed E-state index contributed by atoms with van der Waals surface area (Å²) in [5, 5.41) is 4.77.